The number of rotatable bonds is 6. The van der Waals surface area contributed by atoms with E-state index in [2.05, 4.69) is 5.32 Å². The van der Waals surface area contributed by atoms with Crippen molar-refractivity contribution >= 4 is 28.3 Å². The van der Waals surface area contributed by atoms with Gasteiger partial charge in [-0.3, -0.25) is 9.59 Å². The molecule has 1 heterocycles. The van der Waals surface area contributed by atoms with Crippen LogP contribution in [0.2, 0.25) is 0 Å². The first-order valence-corrected chi connectivity index (χ1v) is 12.7. The van der Waals surface area contributed by atoms with Crippen LogP contribution in [-0.4, -0.2) is 23.1 Å². The predicted molar refractivity (Wildman–Crippen MR) is 139 cm³/mol. The zero-order valence-electron chi connectivity index (χ0n) is 19.9. The molecule has 4 aromatic carbocycles. The van der Waals surface area contributed by atoms with Crippen LogP contribution in [0.1, 0.15) is 31.8 Å². The largest absolute Gasteiger partial charge is 0.496 e. The zero-order valence-corrected chi connectivity index (χ0v) is 20.8. The highest BCUT2D eigenvalue weighted by Gasteiger charge is 2.31. The normalized spacial score (nSPS) is 14.4. The molecule has 2 amide bonds. The predicted octanol–water partition coefficient (Wildman–Crippen LogP) is 5.09. The summed E-state index contributed by atoms with van der Waals surface area (Å²) < 4.78 is 32.4. The minimum Gasteiger partial charge on any atom is -0.496 e. The molecule has 0 fully saturated rings. The van der Waals surface area contributed by atoms with Gasteiger partial charge < -0.3 is 15.0 Å². The zero-order chi connectivity index (χ0) is 25.9. The average molecular weight is 515 g/mol. The number of methoxy groups -OCH3 is 1. The molecule has 1 N–H and O–H groups in total. The van der Waals surface area contributed by atoms with Gasteiger partial charge in [0.25, 0.3) is 11.8 Å². The quantitative estimate of drug-likeness (QED) is 0.389. The highest BCUT2D eigenvalue weighted by molar-refractivity contribution is 7.85. The molecule has 0 radical (unpaired) electrons. The minimum atomic E-state index is -1.64. The summed E-state index contributed by atoms with van der Waals surface area (Å²) in [6.07, 6.45) is 0. The maximum absolute atomic E-state index is 13.7. The summed E-state index contributed by atoms with van der Waals surface area (Å²) in [5.41, 5.74) is 2.51. The Hall–Kier alpha value is -4.30. The van der Waals surface area contributed by atoms with Gasteiger partial charge in [0, 0.05) is 17.7 Å². The Morgan fingerprint density at radius 1 is 0.946 bits per heavy atom. The second-order valence-electron chi connectivity index (χ2n) is 8.46. The number of benzene rings is 4. The maximum Gasteiger partial charge on any atom is 0.259 e. The van der Waals surface area contributed by atoms with E-state index in [0.717, 1.165) is 5.56 Å². The van der Waals surface area contributed by atoms with Crippen molar-refractivity contribution in [1.29, 1.82) is 0 Å². The van der Waals surface area contributed by atoms with E-state index in [4.69, 9.17) is 4.74 Å². The Morgan fingerprint density at radius 3 is 2.46 bits per heavy atom. The van der Waals surface area contributed by atoms with Crippen LogP contribution in [0, 0.1) is 5.82 Å². The van der Waals surface area contributed by atoms with E-state index < -0.39 is 10.8 Å². The maximum atomic E-state index is 13.7. The van der Waals surface area contributed by atoms with Gasteiger partial charge in [0.05, 0.1) is 45.5 Å². The van der Waals surface area contributed by atoms with E-state index in [1.54, 1.807) is 61.7 Å². The van der Waals surface area contributed by atoms with Crippen LogP contribution in [0.4, 0.5) is 10.1 Å². The van der Waals surface area contributed by atoms with Crippen LogP contribution in [0.5, 0.6) is 5.75 Å². The molecule has 0 saturated heterocycles. The second-order valence-corrected chi connectivity index (χ2v) is 9.88. The number of amides is 2. The number of nitrogens with one attached hydrogen (secondary N) is 1. The average Bonchev–Trinajstić information content (AvgIpc) is 3.02. The molecule has 1 aliphatic rings. The Labute approximate surface area is 216 Å². The number of carbonyl (C=O) groups excluding carboxylic acids is 2. The monoisotopic (exact) mass is 514 g/mol. The molecule has 4 aromatic rings. The van der Waals surface area contributed by atoms with Crippen LogP contribution >= 0.6 is 0 Å². The van der Waals surface area contributed by atoms with Crippen molar-refractivity contribution in [3.63, 3.8) is 0 Å². The third-order valence-corrected chi connectivity index (χ3v) is 7.66. The minimum absolute atomic E-state index is 0.115. The lowest BCUT2D eigenvalue weighted by molar-refractivity contribution is 0.0947. The Bertz CT molecular complexity index is 1520. The number of nitrogens with zero attached hydrogens (tertiary/aromatic N) is 1. The third kappa shape index (κ3) is 4.88. The van der Waals surface area contributed by atoms with E-state index in [1.807, 2.05) is 24.3 Å². The van der Waals surface area contributed by atoms with E-state index in [-0.39, 0.29) is 30.7 Å². The molecule has 186 valence electrons. The van der Waals surface area contributed by atoms with Gasteiger partial charge in [-0.15, -0.1) is 0 Å². The summed E-state index contributed by atoms with van der Waals surface area (Å²) in [6.45, 7) is 0.361. The van der Waals surface area contributed by atoms with Gasteiger partial charge in [0.15, 0.2) is 0 Å². The number of hydrogen-bond acceptors (Lipinski definition) is 4. The van der Waals surface area contributed by atoms with Crippen molar-refractivity contribution in [2.24, 2.45) is 0 Å². The van der Waals surface area contributed by atoms with Crippen molar-refractivity contribution in [2.45, 2.75) is 22.9 Å². The molecule has 0 unspecified atom stereocenters. The number of anilines is 1. The summed E-state index contributed by atoms with van der Waals surface area (Å²) >= 11 is 0. The first-order chi connectivity index (χ1) is 18.0. The first-order valence-electron chi connectivity index (χ1n) is 11.6. The summed E-state index contributed by atoms with van der Waals surface area (Å²) in [4.78, 5) is 29.1. The molecule has 37 heavy (non-hydrogen) atoms. The summed E-state index contributed by atoms with van der Waals surface area (Å²) in [7, 11) is -0.0731. The summed E-state index contributed by atoms with van der Waals surface area (Å²) in [6, 6.07) is 24.8. The van der Waals surface area contributed by atoms with E-state index in [0.29, 0.717) is 37.9 Å². The molecule has 0 bridgehead atoms. The third-order valence-electron chi connectivity index (χ3n) is 6.16. The molecule has 1 aliphatic heterocycles. The van der Waals surface area contributed by atoms with Crippen molar-refractivity contribution in [2.75, 3.05) is 12.0 Å². The smallest absolute Gasteiger partial charge is 0.259 e. The van der Waals surface area contributed by atoms with Gasteiger partial charge in [-0.25, -0.2) is 8.60 Å². The number of carbonyl (C=O) groups is 2. The molecule has 0 aliphatic carbocycles. The van der Waals surface area contributed by atoms with Crippen molar-refractivity contribution in [3.05, 3.63) is 119 Å². The molecular formula is C29H23FN2O4S. The molecule has 5 rings (SSSR count). The van der Waals surface area contributed by atoms with Gasteiger partial charge >= 0.3 is 0 Å². The second kappa shape index (κ2) is 10.4. The fourth-order valence-electron chi connectivity index (χ4n) is 4.26. The Morgan fingerprint density at radius 2 is 1.68 bits per heavy atom. The standard InChI is InChI=1S/C29H23FN2O4S/c1-36-25-8-4-2-6-21(25)17-31-28(33)20-12-15-27-24(16-20)32(18-19-10-13-22(30)14-11-19)29(34)23-7-3-5-9-26(23)37(27)35/h2-16H,17-18H2,1H3,(H,31,33)/t37-/m1/s1. The lowest BCUT2D eigenvalue weighted by Gasteiger charge is -2.23. The lowest BCUT2D eigenvalue weighted by atomic mass is 10.1. The van der Waals surface area contributed by atoms with E-state index in [1.165, 1.54) is 17.0 Å². The fourth-order valence-corrected chi connectivity index (χ4v) is 5.61. The van der Waals surface area contributed by atoms with E-state index in [9.17, 15) is 18.2 Å². The number of para-hydroxylation sites is 1. The summed E-state index contributed by atoms with van der Waals surface area (Å²) in [5.74, 6) is -0.421. The number of halogens is 1. The van der Waals surface area contributed by atoms with Crippen LogP contribution < -0.4 is 15.0 Å². The Balaban J connectivity index is 1.52. The summed E-state index contributed by atoms with van der Waals surface area (Å²) in [5, 5.41) is 2.88. The fraction of sp³-hybridized carbons (Fsp3) is 0.103. The highest BCUT2D eigenvalue weighted by atomic mass is 32.2. The lowest BCUT2D eigenvalue weighted by Crippen LogP contribution is -2.31. The molecular weight excluding hydrogens is 491 g/mol. The molecule has 0 aromatic heterocycles. The molecule has 0 saturated carbocycles. The van der Waals surface area contributed by atoms with Crippen LogP contribution in [0.15, 0.2) is 101 Å². The molecule has 0 spiro atoms. The van der Waals surface area contributed by atoms with Crippen molar-refractivity contribution < 1.29 is 22.9 Å². The van der Waals surface area contributed by atoms with Crippen molar-refractivity contribution in [3.8, 4) is 5.75 Å². The number of fused-ring (bicyclic) bond motifs is 2. The van der Waals surface area contributed by atoms with Crippen LogP contribution in [0.25, 0.3) is 0 Å². The number of ether oxygens (including phenoxy) is 1. The van der Waals surface area contributed by atoms with Crippen molar-refractivity contribution in [1.82, 2.24) is 5.32 Å². The van der Waals surface area contributed by atoms with Gasteiger partial charge in [-0.2, -0.15) is 0 Å². The molecule has 1 atom stereocenters. The van der Waals surface area contributed by atoms with Crippen LogP contribution in [0.3, 0.4) is 0 Å². The molecule has 6 nitrogen and oxygen atoms in total. The van der Waals surface area contributed by atoms with Gasteiger partial charge in [-0.1, -0.05) is 42.5 Å². The van der Waals surface area contributed by atoms with Crippen LogP contribution in [-0.2, 0) is 23.9 Å². The number of hydrogen-bond donors (Lipinski definition) is 1. The van der Waals surface area contributed by atoms with E-state index >= 15 is 0 Å². The van der Waals surface area contributed by atoms with Gasteiger partial charge in [0.2, 0.25) is 0 Å². The molecule has 8 heteroatoms. The Kier molecular flexibility index (Phi) is 6.83. The SMILES string of the molecule is COc1ccccc1CNC(=O)c1ccc2c(c1)N(Cc1ccc(F)cc1)C(=O)c1ccccc1[S@]2=O. The van der Waals surface area contributed by atoms with Gasteiger partial charge in [-0.05, 0) is 54.1 Å². The highest BCUT2D eigenvalue weighted by Crippen LogP contribution is 2.36. The topological polar surface area (TPSA) is 75.7 Å². The first kappa shape index (κ1) is 24.4. The van der Waals surface area contributed by atoms with Gasteiger partial charge in [0.1, 0.15) is 11.6 Å².